The van der Waals surface area contributed by atoms with Crippen LogP contribution in [0.3, 0.4) is 0 Å². The van der Waals surface area contributed by atoms with Crippen molar-refractivity contribution in [3.8, 4) is 12.1 Å². The number of aryl methyl sites for hydroxylation is 1. The summed E-state index contributed by atoms with van der Waals surface area (Å²) in [5.41, 5.74) is 26.8. The van der Waals surface area contributed by atoms with Crippen molar-refractivity contribution in [2.24, 2.45) is 0 Å². The van der Waals surface area contributed by atoms with Crippen LogP contribution in [0.25, 0.3) is 0 Å². The van der Waals surface area contributed by atoms with E-state index in [-0.39, 0.29) is 13.4 Å². The van der Waals surface area contributed by atoms with Crippen LogP contribution in [0.2, 0.25) is 0 Å². The normalized spacial score (nSPS) is 12.7. The van der Waals surface area contributed by atoms with Gasteiger partial charge in [0.15, 0.2) is 0 Å². The average Bonchev–Trinajstić information content (AvgIpc) is 3.09. The summed E-state index contributed by atoms with van der Waals surface area (Å²) < 4.78 is 0. The summed E-state index contributed by atoms with van der Waals surface area (Å²) in [6.07, 6.45) is 0. The van der Waals surface area contributed by atoms with Gasteiger partial charge in [0, 0.05) is 17.1 Å². The molecule has 0 aromatic heterocycles. The maximum absolute atomic E-state index is 10.1. The van der Waals surface area contributed by atoms with Crippen molar-refractivity contribution in [1.29, 1.82) is 10.5 Å². The SMILES string of the molecule is Cc1cc2c3c(c1)B(c1c(C)c(C)c(C)c(C)c1C)c1cc(C#N)ccc1N3c1ccc(C#N)cc1B2c1c(C)c(C)c(C)c(C)c1C. The first-order valence-electron chi connectivity index (χ1n) is 17.0. The highest BCUT2D eigenvalue weighted by Crippen LogP contribution is 2.39. The molecule has 0 spiro atoms. The molecule has 2 aliphatic heterocycles. The van der Waals surface area contributed by atoms with E-state index in [0.29, 0.717) is 11.1 Å². The smallest absolute Gasteiger partial charge is 0.247 e. The summed E-state index contributed by atoms with van der Waals surface area (Å²) >= 11 is 0. The summed E-state index contributed by atoms with van der Waals surface area (Å²) in [7, 11) is 0. The molecule has 234 valence electrons. The molecule has 5 aromatic carbocycles. The summed E-state index contributed by atoms with van der Waals surface area (Å²) in [6, 6.07) is 22.1. The molecular formula is C43H41B2N3. The average molecular weight is 621 g/mol. The predicted octanol–water partition coefficient (Wildman–Crippen LogP) is 5.95. The van der Waals surface area contributed by atoms with Crippen LogP contribution in [0.15, 0.2) is 48.5 Å². The van der Waals surface area contributed by atoms with E-state index in [1.54, 1.807) is 0 Å². The zero-order valence-corrected chi connectivity index (χ0v) is 30.1. The van der Waals surface area contributed by atoms with Crippen LogP contribution >= 0.6 is 0 Å². The summed E-state index contributed by atoms with van der Waals surface area (Å²) in [5, 5.41) is 20.3. The molecule has 0 aliphatic carbocycles. The Labute approximate surface area is 287 Å². The van der Waals surface area contributed by atoms with Crippen LogP contribution in [0.1, 0.15) is 72.3 Å². The zero-order valence-electron chi connectivity index (χ0n) is 30.1. The lowest BCUT2D eigenvalue weighted by Crippen LogP contribution is -2.66. The standard InChI is InChI=1S/C43H41B2N3/c1-22-16-37-43-38(17-22)45(42-31(10)27(6)24(3)28(7)32(42)11)36-19-34(21-47)13-15-40(36)48(43)39-14-12-33(20-46)18-35(39)44(37)41-29(8)25(4)23(2)26(5)30(41)9/h12-19H,1-11H3. The fraction of sp³-hybridized carbons (Fsp3) is 0.256. The van der Waals surface area contributed by atoms with E-state index < -0.39 is 0 Å². The molecule has 48 heavy (non-hydrogen) atoms. The van der Waals surface area contributed by atoms with E-state index in [1.807, 2.05) is 12.1 Å². The van der Waals surface area contributed by atoms with E-state index >= 15 is 0 Å². The van der Waals surface area contributed by atoms with E-state index in [4.69, 9.17) is 0 Å². The van der Waals surface area contributed by atoms with Gasteiger partial charge in [0.2, 0.25) is 13.4 Å². The molecule has 0 radical (unpaired) electrons. The van der Waals surface area contributed by atoms with Gasteiger partial charge >= 0.3 is 0 Å². The van der Waals surface area contributed by atoms with Crippen LogP contribution in [0.5, 0.6) is 0 Å². The van der Waals surface area contributed by atoms with Crippen molar-refractivity contribution in [3.05, 3.63) is 121 Å². The van der Waals surface area contributed by atoms with Crippen LogP contribution < -0.4 is 37.7 Å². The fourth-order valence-electron chi connectivity index (χ4n) is 8.90. The minimum absolute atomic E-state index is 0.0412. The van der Waals surface area contributed by atoms with Gasteiger partial charge in [0.1, 0.15) is 0 Å². The summed E-state index contributed by atoms with van der Waals surface area (Å²) in [5.74, 6) is 0. The molecule has 0 saturated carbocycles. The molecule has 0 fully saturated rings. The van der Waals surface area contributed by atoms with Gasteiger partial charge in [0.25, 0.3) is 0 Å². The molecule has 2 aliphatic rings. The number of nitrogens with zero attached hydrogens (tertiary/aromatic N) is 3. The van der Waals surface area contributed by atoms with Gasteiger partial charge in [-0.1, -0.05) is 50.9 Å². The monoisotopic (exact) mass is 621 g/mol. The van der Waals surface area contributed by atoms with E-state index in [1.165, 1.54) is 88.7 Å². The molecule has 7 rings (SSSR count). The van der Waals surface area contributed by atoms with Crippen molar-refractivity contribution < 1.29 is 0 Å². The summed E-state index contributed by atoms with van der Waals surface area (Å²) in [6.45, 7) is 24.7. The van der Waals surface area contributed by atoms with Crippen LogP contribution in [-0.2, 0) is 0 Å². The zero-order chi connectivity index (χ0) is 34.5. The molecule has 5 aromatic rings. The molecule has 0 bridgehead atoms. The lowest BCUT2D eigenvalue weighted by atomic mass is 9.29. The van der Waals surface area contributed by atoms with Crippen molar-refractivity contribution >= 4 is 63.3 Å². The maximum atomic E-state index is 10.1. The number of benzene rings is 5. The first-order chi connectivity index (χ1) is 22.8. The van der Waals surface area contributed by atoms with Gasteiger partial charge in [-0.25, -0.2) is 0 Å². The molecule has 0 N–H and O–H groups in total. The van der Waals surface area contributed by atoms with Crippen LogP contribution in [-0.4, -0.2) is 13.4 Å². The Balaban J connectivity index is 1.68. The topological polar surface area (TPSA) is 50.8 Å². The number of anilines is 3. The lowest BCUT2D eigenvalue weighted by Gasteiger charge is -2.45. The Kier molecular flexibility index (Phi) is 7.27. The number of rotatable bonds is 2. The Hall–Kier alpha value is -4.99. The van der Waals surface area contributed by atoms with Gasteiger partial charge < -0.3 is 4.90 Å². The molecule has 0 amide bonds. The van der Waals surface area contributed by atoms with Gasteiger partial charge in [0.05, 0.1) is 23.3 Å². The largest absolute Gasteiger partial charge is 0.313 e. The van der Waals surface area contributed by atoms with Gasteiger partial charge in [-0.2, -0.15) is 10.5 Å². The Morgan fingerprint density at radius 1 is 0.438 bits per heavy atom. The van der Waals surface area contributed by atoms with Gasteiger partial charge in [-0.3, -0.25) is 0 Å². The van der Waals surface area contributed by atoms with Crippen molar-refractivity contribution in [3.63, 3.8) is 0 Å². The highest BCUT2D eigenvalue weighted by atomic mass is 15.2. The van der Waals surface area contributed by atoms with Crippen molar-refractivity contribution in [1.82, 2.24) is 0 Å². The fourth-order valence-corrected chi connectivity index (χ4v) is 8.90. The second-order valence-electron chi connectivity index (χ2n) is 14.3. The van der Waals surface area contributed by atoms with Crippen LogP contribution in [0, 0.1) is 98.8 Å². The van der Waals surface area contributed by atoms with Gasteiger partial charge in [-0.15, -0.1) is 0 Å². The Bertz CT molecular complexity index is 2130. The molecule has 2 heterocycles. The van der Waals surface area contributed by atoms with E-state index in [2.05, 4.69) is 130 Å². The molecule has 0 saturated heterocycles. The number of hydrogen-bond acceptors (Lipinski definition) is 3. The molecule has 5 heteroatoms. The molecule has 3 nitrogen and oxygen atoms in total. The third-order valence-corrected chi connectivity index (χ3v) is 12.3. The Morgan fingerprint density at radius 2 is 0.771 bits per heavy atom. The maximum Gasteiger partial charge on any atom is 0.247 e. The second-order valence-corrected chi connectivity index (χ2v) is 14.3. The Morgan fingerprint density at radius 3 is 1.10 bits per heavy atom. The molecule has 0 atom stereocenters. The first-order valence-corrected chi connectivity index (χ1v) is 17.0. The number of hydrogen-bond donors (Lipinski definition) is 0. The van der Waals surface area contributed by atoms with Gasteiger partial charge in [-0.05, 0) is 168 Å². The minimum Gasteiger partial charge on any atom is -0.313 e. The van der Waals surface area contributed by atoms with Crippen molar-refractivity contribution in [2.45, 2.75) is 76.2 Å². The third-order valence-electron chi connectivity index (χ3n) is 12.3. The van der Waals surface area contributed by atoms with E-state index in [9.17, 15) is 10.5 Å². The lowest BCUT2D eigenvalue weighted by molar-refractivity contribution is 1.19. The number of nitriles is 2. The highest BCUT2D eigenvalue weighted by Gasteiger charge is 2.45. The predicted molar refractivity (Wildman–Crippen MR) is 205 cm³/mol. The minimum atomic E-state index is -0.0412. The summed E-state index contributed by atoms with van der Waals surface area (Å²) in [4.78, 5) is 2.43. The third kappa shape index (κ3) is 4.20. The van der Waals surface area contributed by atoms with Crippen molar-refractivity contribution in [2.75, 3.05) is 4.90 Å². The first kappa shape index (κ1) is 31.6. The molecule has 0 unspecified atom stereocenters. The highest BCUT2D eigenvalue weighted by molar-refractivity contribution is 7.02. The van der Waals surface area contributed by atoms with Crippen LogP contribution in [0.4, 0.5) is 17.1 Å². The van der Waals surface area contributed by atoms with E-state index in [0.717, 1.165) is 22.3 Å². The second kappa shape index (κ2) is 11.0. The quantitative estimate of drug-likeness (QED) is 0.224. The molecular weight excluding hydrogens is 580 g/mol. The number of fused-ring (bicyclic) bond motifs is 4.